The van der Waals surface area contributed by atoms with Gasteiger partial charge in [0, 0.05) is 10.4 Å². The molecule has 2 aromatic rings. The SMILES string of the molecule is CCCC(Nc1cccc(C)c1[N+](=O)[O-])c1cccs1. The van der Waals surface area contributed by atoms with Crippen LogP contribution in [0.4, 0.5) is 11.4 Å². The molecule has 0 aliphatic heterocycles. The quantitative estimate of drug-likeness (QED) is 0.607. The molecule has 1 atom stereocenters. The van der Waals surface area contributed by atoms with Crippen LogP contribution in [0.25, 0.3) is 0 Å². The smallest absolute Gasteiger partial charge is 0.295 e. The number of hydrogen-bond acceptors (Lipinski definition) is 4. The maximum Gasteiger partial charge on any atom is 0.295 e. The molecule has 1 N–H and O–H groups in total. The van der Waals surface area contributed by atoms with Crippen molar-refractivity contribution < 1.29 is 4.92 Å². The third-order valence-corrected chi connectivity index (χ3v) is 4.20. The molecule has 5 heteroatoms. The summed E-state index contributed by atoms with van der Waals surface area (Å²) in [5.41, 5.74) is 1.45. The van der Waals surface area contributed by atoms with E-state index in [9.17, 15) is 10.1 Å². The molecule has 0 bridgehead atoms. The number of nitrogens with zero attached hydrogens (tertiary/aromatic N) is 1. The number of anilines is 1. The fraction of sp³-hybridized carbons (Fsp3) is 0.333. The van der Waals surface area contributed by atoms with E-state index in [0.29, 0.717) is 11.3 Å². The van der Waals surface area contributed by atoms with E-state index in [4.69, 9.17) is 0 Å². The molecule has 106 valence electrons. The molecule has 0 amide bonds. The molecule has 0 spiro atoms. The van der Waals surface area contributed by atoms with Gasteiger partial charge in [0.15, 0.2) is 0 Å². The molecular weight excluding hydrogens is 272 g/mol. The third kappa shape index (κ3) is 3.17. The molecule has 0 fully saturated rings. The number of rotatable bonds is 6. The molecule has 0 saturated heterocycles. The largest absolute Gasteiger partial charge is 0.372 e. The van der Waals surface area contributed by atoms with Crippen molar-refractivity contribution >= 4 is 22.7 Å². The summed E-state index contributed by atoms with van der Waals surface area (Å²) in [6.07, 6.45) is 1.97. The number of benzene rings is 1. The Kier molecular flexibility index (Phi) is 4.74. The number of hydrogen-bond donors (Lipinski definition) is 1. The lowest BCUT2D eigenvalue weighted by Crippen LogP contribution is -2.11. The molecule has 0 aliphatic rings. The fourth-order valence-corrected chi connectivity index (χ4v) is 3.08. The van der Waals surface area contributed by atoms with Crippen molar-refractivity contribution in [3.05, 3.63) is 56.3 Å². The average Bonchev–Trinajstić information content (AvgIpc) is 2.91. The van der Waals surface area contributed by atoms with Gasteiger partial charge in [0.2, 0.25) is 0 Å². The average molecular weight is 290 g/mol. The third-order valence-electron chi connectivity index (χ3n) is 3.21. The number of thiophene rings is 1. The summed E-state index contributed by atoms with van der Waals surface area (Å²) in [7, 11) is 0. The summed E-state index contributed by atoms with van der Waals surface area (Å²) >= 11 is 1.68. The highest BCUT2D eigenvalue weighted by Crippen LogP contribution is 2.33. The zero-order valence-corrected chi connectivity index (χ0v) is 12.4. The number of nitro benzene ring substituents is 1. The van der Waals surface area contributed by atoms with E-state index < -0.39 is 0 Å². The normalized spacial score (nSPS) is 12.1. The van der Waals surface area contributed by atoms with Crippen molar-refractivity contribution in [2.24, 2.45) is 0 Å². The van der Waals surface area contributed by atoms with Gasteiger partial charge in [-0.1, -0.05) is 31.5 Å². The monoisotopic (exact) mass is 290 g/mol. The highest BCUT2D eigenvalue weighted by Gasteiger charge is 2.20. The highest BCUT2D eigenvalue weighted by atomic mass is 32.1. The van der Waals surface area contributed by atoms with Crippen molar-refractivity contribution in [2.75, 3.05) is 5.32 Å². The molecule has 1 heterocycles. The van der Waals surface area contributed by atoms with Crippen LogP contribution in [0.3, 0.4) is 0 Å². The van der Waals surface area contributed by atoms with Gasteiger partial charge in [0.05, 0.1) is 11.0 Å². The predicted octanol–water partition coefficient (Wildman–Crippen LogP) is 4.92. The highest BCUT2D eigenvalue weighted by molar-refractivity contribution is 7.10. The maximum absolute atomic E-state index is 11.2. The number of para-hydroxylation sites is 1. The van der Waals surface area contributed by atoms with Crippen LogP contribution in [0.5, 0.6) is 0 Å². The van der Waals surface area contributed by atoms with E-state index >= 15 is 0 Å². The molecule has 0 aliphatic carbocycles. The van der Waals surface area contributed by atoms with Crippen LogP contribution in [0.1, 0.15) is 36.2 Å². The summed E-state index contributed by atoms with van der Waals surface area (Å²) in [6, 6.07) is 9.60. The van der Waals surface area contributed by atoms with Crippen molar-refractivity contribution in [1.29, 1.82) is 0 Å². The summed E-state index contributed by atoms with van der Waals surface area (Å²) in [4.78, 5) is 12.1. The Hall–Kier alpha value is -1.88. The van der Waals surface area contributed by atoms with Gasteiger partial charge in [-0.2, -0.15) is 0 Å². The van der Waals surface area contributed by atoms with Crippen LogP contribution >= 0.6 is 11.3 Å². The van der Waals surface area contributed by atoms with Gasteiger partial charge < -0.3 is 5.32 Å². The van der Waals surface area contributed by atoms with Gasteiger partial charge in [-0.05, 0) is 30.9 Å². The van der Waals surface area contributed by atoms with Crippen molar-refractivity contribution in [1.82, 2.24) is 0 Å². The number of nitrogens with one attached hydrogen (secondary N) is 1. The summed E-state index contributed by atoms with van der Waals surface area (Å²) in [6.45, 7) is 3.89. The Bertz CT molecular complexity index is 582. The Morgan fingerprint density at radius 1 is 1.35 bits per heavy atom. The minimum absolute atomic E-state index is 0.125. The molecule has 1 aromatic carbocycles. The van der Waals surface area contributed by atoms with E-state index in [-0.39, 0.29) is 16.7 Å². The fourth-order valence-electron chi connectivity index (χ4n) is 2.27. The number of nitro groups is 1. The first kappa shape index (κ1) is 14.5. The second-order valence-corrected chi connectivity index (χ2v) is 5.71. The molecule has 0 saturated carbocycles. The molecule has 20 heavy (non-hydrogen) atoms. The van der Waals surface area contributed by atoms with Gasteiger partial charge in [-0.15, -0.1) is 11.3 Å². The summed E-state index contributed by atoms with van der Waals surface area (Å²) in [5, 5.41) is 16.6. The zero-order valence-electron chi connectivity index (χ0n) is 11.6. The molecule has 0 radical (unpaired) electrons. The van der Waals surface area contributed by atoms with Gasteiger partial charge in [0.1, 0.15) is 5.69 Å². The Balaban J connectivity index is 2.32. The molecule has 1 aromatic heterocycles. The van der Waals surface area contributed by atoms with Gasteiger partial charge in [-0.25, -0.2) is 0 Å². The van der Waals surface area contributed by atoms with Crippen LogP contribution in [-0.4, -0.2) is 4.92 Å². The molecular formula is C15H18N2O2S. The first-order valence-electron chi connectivity index (χ1n) is 6.67. The topological polar surface area (TPSA) is 55.2 Å². The van der Waals surface area contributed by atoms with Gasteiger partial charge in [0.25, 0.3) is 5.69 Å². The van der Waals surface area contributed by atoms with E-state index in [1.807, 2.05) is 17.5 Å². The van der Waals surface area contributed by atoms with Crippen molar-refractivity contribution in [2.45, 2.75) is 32.7 Å². The first-order chi connectivity index (χ1) is 9.63. The second kappa shape index (κ2) is 6.52. The minimum atomic E-state index is -0.310. The standard InChI is InChI=1S/C15H18N2O2S/c1-3-6-12(14-9-5-10-20-14)16-13-8-4-7-11(2)15(13)17(18)19/h4-5,7-10,12,16H,3,6H2,1-2H3. The Morgan fingerprint density at radius 3 is 2.75 bits per heavy atom. The zero-order chi connectivity index (χ0) is 14.5. The molecule has 4 nitrogen and oxygen atoms in total. The lowest BCUT2D eigenvalue weighted by molar-refractivity contribution is -0.384. The van der Waals surface area contributed by atoms with Gasteiger partial charge in [-0.3, -0.25) is 10.1 Å². The predicted molar refractivity (Wildman–Crippen MR) is 83.4 cm³/mol. The van der Waals surface area contributed by atoms with Crippen LogP contribution in [0.2, 0.25) is 0 Å². The van der Waals surface area contributed by atoms with Crippen LogP contribution in [0.15, 0.2) is 35.7 Å². The van der Waals surface area contributed by atoms with Crippen molar-refractivity contribution in [3.8, 4) is 0 Å². The first-order valence-corrected chi connectivity index (χ1v) is 7.55. The molecule has 2 rings (SSSR count). The summed E-state index contributed by atoms with van der Waals surface area (Å²) < 4.78 is 0. The van der Waals surface area contributed by atoms with Crippen LogP contribution in [-0.2, 0) is 0 Å². The van der Waals surface area contributed by atoms with Crippen molar-refractivity contribution in [3.63, 3.8) is 0 Å². The van der Waals surface area contributed by atoms with E-state index in [0.717, 1.165) is 12.8 Å². The van der Waals surface area contributed by atoms with Crippen LogP contribution in [0, 0.1) is 17.0 Å². The Labute approximate surface area is 122 Å². The number of aryl methyl sites for hydroxylation is 1. The lowest BCUT2D eigenvalue weighted by atomic mass is 10.1. The van der Waals surface area contributed by atoms with E-state index in [1.165, 1.54) is 4.88 Å². The second-order valence-electron chi connectivity index (χ2n) is 4.73. The van der Waals surface area contributed by atoms with E-state index in [2.05, 4.69) is 18.3 Å². The Morgan fingerprint density at radius 2 is 2.15 bits per heavy atom. The van der Waals surface area contributed by atoms with Crippen LogP contribution < -0.4 is 5.32 Å². The summed E-state index contributed by atoms with van der Waals surface area (Å²) in [5.74, 6) is 0. The maximum atomic E-state index is 11.2. The minimum Gasteiger partial charge on any atom is -0.372 e. The van der Waals surface area contributed by atoms with E-state index in [1.54, 1.807) is 30.4 Å². The van der Waals surface area contributed by atoms with Gasteiger partial charge >= 0.3 is 0 Å². The lowest BCUT2D eigenvalue weighted by Gasteiger charge is -2.18. The molecule has 1 unspecified atom stereocenters.